The van der Waals surface area contributed by atoms with E-state index < -0.39 is 24.3 Å². The van der Waals surface area contributed by atoms with E-state index in [1.165, 1.54) is 6.92 Å². The smallest absolute Gasteiger partial charge is 0.404 e. The number of primary amides is 1. The number of nitrogens with two attached hydrogens (primary N) is 1. The maximum Gasteiger partial charge on any atom is 0.404 e. The Morgan fingerprint density at radius 1 is 1.09 bits per heavy atom. The van der Waals surface area contributed by atoms with Gasteiger partial charge in [-0.15, -0.1) is 11.3 Å². The molecule has 33 heavy (non-hydrogen) atoms. The van der Waals surface area contributed by atoms with Gasteiger partial charge in [0, 0.05) is 36.4 Å². The van der Waals surface area contributed by atoms with Crippen molar-refractivity contribution in [3.05, 3.63) is 88.4 Å². The molecule has 0 radical (unpaired) electrons. The molecule has 0 aliphatic rings. The van der Waals surface area contributed by atoms with Crippen LogP contribution in [-0.4, -0.2) is 40.3 Å². The van der Waals surface area contributed by atoms with Crippen LogP contribution in [0.3, 0.4) is 0 Å². The number of benzene rings is 2. The van der Waals surface area contributed by atoms with Crippen molar-refractivity contribution in [3.63, 3.8) is 0 Å². The molecule has 0 spiro atoms. The number of rotatable bonds is 11. The van der Waals surface area contributed by atoms with E-state index in [0.717, 1.165) is 16.0 Å². The van der Waals surface area contributed by atoms with Gasteiger partial charge < -0.3 is 20.9 Å². The first kappa shape index (κ1) is 24.4. The molecule has 2 amide bonds. The van der Waals surface area contributed by atoms with E-state index in [0.29, 0.717) is 12.8 Å². The molecule has 3 aromatic rings. The Morgan fingerprint density at radius 2 is 1.76 bits per heavy atom. The number of thiazole rings is 1. The first-order valence-corrected chi connectivity index (χ1v) is 11.7. The van der Waals surface area contributed by atoms with Crippen LogP contribution >= 0.6 is 11.3 Å². The largest absolute Gasteiger partial charge is 0.443 e. The van der Waals surface area contributed by atoms with Crippen molar-refractivity contribution >= 4 is 23.3 Å². The Labute approximate surface area is 197 Å². The van der Waals surface area contributed by atoms with Crippen LogP contribution < -0.4 is 11.1 Å². The second-order valence-electron chi connectivity index (χ2n) is 7.96. The van der Waals surface area contributed by atoms with E-state index in [4.69, 9.17) is 10.5 Å². The average molecular weight is 468 g/mol. The maximum absolute atomic E-state index is 12.1. The van der Waals surface area contributed by atoms with Gasteiger partial charge in [0.05, 0.1) is 11.6 Å². The fraction of sp³-hybridized carbons (Fsp3) is 0.320. The van der Waals surface area contributed by atoms with Gasteiger partial charge in [0.2, 0.25) is 5.91 Å². The van der Waals surface area contributed by atoms with Crippen LogP contribution in [0.25, 0.3) is 0 Å². The van der Waals surface area contributed by atoms with Crippen LogP contribution in [0.4, 0.5) is 4.79 Å². The van der Waals surface area contributed by atoms with Crippen LogP contribution in [0, 0.1) is 0 Å². The average Bonchev–Trinajstić information content (AvgIpc) is 3.30. The Balaban J connectivity index is 1.86. The fourth-order valence-corrected chi connectivity index (χ4v) is 4.66. The Morgan fingerprint density at radius 3 is 2.33 bits per heavy atom. The van der Waals surface area contributed by atoms with Gasteiger partial charge in [-0.3, -0.25) is 9.78 Å². The summed E-state index contributed by atoms with van der Waals surface area (Å²) < 4.78 is 5.28. The van der Waals surface area contributed by atoms with Crippen molar-refractivity contribution in [3.8, 4) is 0 Å². The molecular weight excluding hydrogens is 438 g/mol. The predicted octanol–water partition coefficient (Wildman–Crippen LogP) is 3.43. The maximum atomic E-state index is 12.1. The number of hydrogen-bond acceptors (Lipinski definition) is 6. The molecule has 1 unspecified atom stereocenters. The van der Waals surface area contributed by atoms with E-state index >= 15 is 0 Å². The number of ether oxygens (including phenoxy) is 1. The summed E-state index contributed by atoms with van der Waals surface area (Å²) in [7, 11) is 0. The third kappa shape index (κ3) is 7.69. The van der Waals surface area contributed by atoms with Crippen molar-refractivity contribution in [1.29, 1.82) is 0 Å². The van der Waals surface area contributed by atoms with Crippen LogP contribution in [0.1, 0.15) is 35.3 Å². The van der Waals surface area contributed by atoms with E-state index in [2.05, 4.69) is 10.3 Å². The number of hydrogen-bond donors (Lipinski definition) is 3. The molecule has 0 aliphatic heterocycles. The zero-order valence-corrected chi connectivity index (χ0v) is 19.3. The minimum Gasteiger partial charge on any atom is -0.443 e. The number of aliphatic hydroxyl groups is 1. The molecule has 3 rings (SSSR count). The first-order valence-electron chi connectivity index (χ1n) is 10.8. The topological polar surface area (TPSA) is 115 Å². The Bertz CT molecular complexity index is 999. The summed E-state index contributed by atoms with van der Waals surface area (Å²) >= 11 is 1.55. The SMILES string of the molecule is CC(=O)N[C@@H](C[C@@H](O)[C@H](Cc1ccccc1)OC(N)=O)C(Cc1cncs1)c1ccccc1. The van der Waals surface area contributed by atoms with Crippen molar-refractivity contribution < 1.29 is 19.4 Å². The molecule has 0 bridgehead atoms. The Kier molecular flexibility index (Phi) is 8.97. The summed E-state index contributed by atoms with van der Waals surface area (Å²) in [5, 5.41) is 14.1. The van der Waals surface area contributed by atoms with Crippen LogP contribution in [0.2, 0.25) is 0 Å². The predicted molar refractivity (Wildman–Crippen MR) is 128 cm³/mol. The third-order valence-electron chi connectivity index (χ3n) is 5.48. The minimum atomic E-state index is -1.04. The molecule has 0 aliphatic carbocycles. The van der Waals surface area contributed by atoms with E-state index in [1.807, 2.05) is 66.9 Å². The third-order valence-corrected chi connectivity index (χ3v) is 6.28. The molecule has 0 saturated carbocycles. The lowest BCUT2D eigenvalue weighted by Gasteiger charge is -2.32. The number of carbonyl (C=O) groups is 2. The lowest BCUT2D eigenvalue weighted by Crippen LogP contribution is -2.45. The molecule has 1 aromatic heterocycles. The van der Waals surface area contributed by atoms with Crippen LogP contribution in [-0.2, 0) is 22.4 Å². The van der Waals surface area contributed by atoms with Crippen molar-refractivity contribution in [2.75, 3.05) is 0 Å². The summed E-state index contributed by atoms with van der Waals surface area (Å²) in [5.41, 5.74) is 9.00. The highest BCUT2D eigenvalue weighted by Crippen LogP contribution is 2.29. The molecule has 0 fully saturated rings. The van der Waals surface area contributed by atoms with Gasteiger partial charge in [0.1, 0.15) is 6.10 Å². The first-order chi connectivity index (χ1) is 15.9. The highest BCUT2D eigenvalue weighted by atomic mass is 32.1. The summed E-state index contributed by atoms with van der Waals surface area (Å²) in [6.07, 6.45) is 0.118. The van der Waals surface area contributed by atoms with Gasteiger partial charge in [0.25, 0.3) is 0 Å². The van der Waals surface area contributed by atoms with Gasteiger partial charge >= 0.3 is 6.09 Å². The van der Waals surface area contributed by atoms with Crippen molar-refractivity contribution in [2.45, 2.75) is 50.4 Å². The number of carbonyl (C=O) groups excluding carboxylic acids is 2. The van der Waals surface area contributed by atoms with Gasteiger partial charge in [-0.05, 0) is 24.0 Å². The lowest BCUT2D eigenvalue weighted by molar-refractivity contribution is -0.120. The number of amides is 2. The summed E-state index contributed by atoms with van der Waals surface area (Å²) in [6, 6.07) is 18.9. The molecule has 7 nitrogen and oxygen atoms in total. The van der Waals surface area contributed by atoms with Gasteiger partial charge in [-0.1, -0.05) is 60.7 Å². The van der Waals surface area contributed by atoms with Gasteiger partial charge in [0.15, 0.2) is 0 Å². The molecule has 1 heterocycles. The van der Waals surface area contributed by atoms with Crippen molar-refractivity contribution in [2.24, 2.45) is 5.73 Å². The molecule has 174 valence electrons. The van der Waals surface area contributed by atoms with Crippen molar-refractivity contribution in [1.82, 2.24) is 10.3 Å². The summed E-state index contributed by atoms with van der Waals surface area (Å²) in [6.45, 7) is 1.45. The summed E-state index contributed by atoms with van der Waals surface area (Å²) in [5.74, 6) is -0.316. The van der Waals surface area contributed by atoms with E-state index in [-0.39, 0.29) is 18.2 Å². The van der Waals surface area contributed by atoms with Crippen LogP contribution in [0.5, 0.6) is 0 Å². The second-order valence-corrected chi connectivity index (χ2v) is 8.94. The zero-order valence-electron chi connectivity index (χ0n) is 18.5. The number of nitrogens with one attached hydrogen (secondary N) is 1. The Hall–Kier alpha value is -3.23. The number of aliphatic hydroxyl groups excluding tert-OH is 1. The van der Waals surface area contributed by atoms with Crippen LogP contribution in [0.15, 0.2) is 72.4 Å². The number of aromatic nitrogens is 1. The number of nitrogens with zero attached hydrogens (tertiary/aromatic N) is 1. The molecule has 2 aromatic carbocycles. The highest BCUT2D eigenvalue weighted by Gasteiger charge is 2.32. The van der Waals surface area contributed by atoms with Gasteiger partial charge in [-0.2, -0.15) is 0 Å². The zero-order chi connectivity index (χ0) is 23.6. The quantitative estimate of drug-likeness (QED) is 0.400. The minimum absolute atomic E-state index is 0.115. The lowest BCUT2D eigenvalue weighted by atomic mass is 9.84. The monoisotopic (exact) mass is 467 g/mol. The molecule has 4 N–H and O–H groups in total. The molecule has 0 saturated heterocycles. The molecule has 4 atom stereocenters. The summed E-state index contributed by atoms with van der Waals surface area (Å²) in [4.78, 5) is 28.9. The highest BCUT2D eigenvalue weighted by molar-refractivity contribution is 7.09. The standard InChI is InChI=1S/C25H29N3O4S/c1-17(29)28-22(21(13-20-15-27-16-33-20)19-10-6-3-7-11-19)14-23(30)24(32-25(26)31)12-18-8-4-2-5-9-18/h2-11,15-16,21-24,30H,12-14H2,1H3,(H2,26,31)(H,28,29)/t21?,22-,23+,24-/m0/s1. The second kappa shape index (κ2) is 12.1. The molecular formula is C25H29N3O4S. The van der Waals surface area contributed by atoms with E-state index in [1.54, 1.807) is 16.8 Å². The fourth-order valence-electron chi connectivity index (χ4n) is 4.00. The molecule has 8 heteroatoms. The van der Waals surface area contributed by atoms with Gasteiger partial charge in [-0.25, -0.2) is 4.79 Å². The van der Waals surface area contributed by atoms with E-state index in [9.17, 15) is 14.7 Å². The normalized spacial score (nSPS) is 14.6.